The molecule has 0 atom stereocenters. The molecule has 3 aromatic rings. The number of nitrogens with one attached hydrogen (secondary N) is 1. The van der Waals surface area contributed by atoms with E-state index in [1.165, 1.54) is 11.1 Å². The first-order valence-electron chi connectivity index (χ1n) is 10.4. The van der Waals surface area contributed by atoms with Crippen molar-refractivity contribution in [2.45, 2.75) is 44.9 Å². The molecule has 0 unspecified atom stereocenters. The highest BCUT2D eigenvalue weighted by molar-refractivity contribution is 6.03. The molecule has 5 rings (SSSR count). The summed E-state index contributed by atoms with van der Waals surface area (Å²) in [4.78, 5) is 21.8. The summed E-state index contributed by atoms with van der Waals surface area (Å²) in [7, 11) is 1.97. The second-order valence-corrected chi connectivity index (χ2v) is 8.14. The van der Waals surface area contributed by atoms with Crippen molar-refractivity contribution >= 4 is 22.7 Å². The molecule has 30 heavy (non-hydrogen) atoms. The molecule has 0 aliphatic heterocycles. The molecule has 1 amide bonds. The van der Waals surface area contributed by atoms with Gasteiger partial charge in [-0.05, 0) is 68.4 Å². The van der Waals surface area contributed by atoms with Gasteiger partial charge in [0.2, 0.25) is 0 Å². The van der Waals surface area contributed by atoms with E-state index in [0.29, 0.717) is 11.6 Å². The number of hydrogen-bond donors (Lipinski definition) is 1. The van der Waals surface area contributed by atoms with Crippen molar-refractivity contribution in [1.82, 2.24) is 24.7 Å². The third-order valence-corrected chi connectivity index (χ3v) is 5.71. The average molecular weight is 400 g/mol. The van der Waals surface area contributed by atoms with Crippen LogP contribution in [0.2, 0.25) is 0 Å². The lowest BCUT2D eigenvalue weighted by Crippen LogP contribution is -2.15. The van der Waals surface area contributed by atoms with Crippen LogP contribution in [0.3, 0.4) is 0 Å². The molecule has 7 nitrogen and oxygen atoms in total. The second-order valence-electron chi connectivity index (χ2n) is 8.14. The Kier molecular flexibility index (Phi) is 4.65. The number of nitrogens with zero attached hydrogens (tertiary/aromatic N) is 5. The lowest BCUT2D eigenvalue weighted by Gasteiger charge is -2.11. The van der Waals surface area contributed by atoms with Crippen molar-refractivity contribution in [2.24, 2.45) is 7.05 Å². The van der Waals surface area contributed by atoms with Gasteiger partial charge in [0.05, 0.1) is 0 Å². The van der Waals surface area contributed by atoms with Crippen molar-refractivity contribution in [3.63, 3.8) is 0 Å². The van der Waals surface area contributed by atoms with Crippen LogP contribution in [0, 0.1) is 6.92 Å². The third kappa shape index (κ3) is 3.63. The summed E-state index contributed by atoms with van der Waals surface area (Å²) in [6.07, 6.45) is 7.02. The van der Waals surface area contributed by atoms with E-state index in [-0.39, 0.29) is 5.91 Å². The maximum atomic E-state index is 12.9. The van der Waals surface area contributed by atoms with E-state index in [9.17, 15) is 4.79 Å². The van der Waals surface area contributed by atoms with Crippen LogP contribution >= 0.6 is 0 Å². The van der Waals surface area contributed by atoms with E-state index >= 15 is 0 Å². The Hall–Kier alpha value is -3.35. The zero-order valence-electron chi connectivity index (χ0n) is 17.2. The predicted molar refractivity (Wildman–Crippen MR) is 115 cm³/mol. The Labute approximate surface area is 175 Å². The highest BCUT2D eigenvalue weighted by Crippen LogP contribution is 2.40. The Morgan fingerprint density at radius 2 is 1.97 bits per heavy atom. The fourth-order valence-corrected chi connectivity index (χ4v) is 4.08. The molecule has 0 saturated heterocycles. The van der Waals surface area contributed by atoms with Gasteiger partial charge in [-0.25, -0.2) is 9.97 Å². The first kappa shape index (κ1) is 18.7. The predicted octanol–water partition coefficient (Wildman–Crippen LogP) is 4.14. The van der Waals surface area contributed by atoms with Gasteiger partial charge in [-0.3, -0.25) is 4.79 Å². The van der Waals surface area contributed by atoms with Crippen LogP contribution in [0.1, 0.15) is 71.4 Å². The number of rotatable bonds is 5. The molecule has 152 valence electrons. The quantitative estimate of drug-likeness (QED) is 0.696. The fourth-order valence-electron chi connectivity index (χ4n) is 4.08. The number of carbonyl (C=O) groups excluding carboxylic acids is 1. The fraction of sp³-hybridized carbons (Fsp3) is 0.348. The maximum Gasteiger partial charge on any atom is 0.274 e. The molecular weight excluding hydrogens is 376 g/mol. The Morgan fingerprint density at radius 3 is 2.73 bits per heavy atom. The average Bonchev–Trinajstić information content (AvgIpc) is 3.33. The smallest absolute Gasteiger partial charge is 0.274 e. The van der Waals surface area contributed by atoms with Crippen molar-refractivity contribution < 1.29 is 4.79 Å². The van der Waals surface area contributed by atoms with Crippen molar-refractivity contribution in [2.75, 3.05) is 5.32 Å². The number of carbonyl (C=O) groups is 1. The molecule has 1 aromatic carbocycles. The number of hydrogen-bond acceptors (Lipinski definition) is 5. The normalized spacial score (nSPS) is 16.2. The first-order chi connectivity index (χ1) is 14.6. The topological polar surface area (TPSA) is 85.6 Å². The summed E-state index contributed by atoms with van der Waals surface area (Å²) in [5.74, 6) is 1.92. The van der Waals surface area contributed by atoms with Gasteiger partial charge in [-0.2, -0.15) is 0 Å². The largest absolute Gasteiger partial charge is 0.321 e. The molecule has 0 spiro atoms. The minimum Gasteiger partial charge on any atom is -0.321 e. The second kappa shape index (κ2) is 7.48. The van der Waals surface area contributed by atoms with Gasteiger partial charge < -0.3 is 9.88 Å². The molecule has 1 saturated carbocycles. The van der Waals surface area contributed by atoms with Crippen LogP contribution in [0.15, 0.2) is 36.7 Å². The summed E-state index contributed by atoms with van der Waals surface area (Å²) < 4.78 is 1.96. The van der Waals surface area contributed by atoms with Crippen LogP contribution in [-0.4, -0.2) is 30.6 Å². The standard InChI is InChI=1S/C23H24N6O/c1-14-11-20(27-21(25-14)15-9-10-15)23(30)26-17-6-3-5-16(12-17)18-7-4-8-19(18)22-28-24-13-29(22)2/h3,5-6,11-13,15H,4,7-10H2,1-2H3,(H,26,30). The van der Waals surface area contributed by atoms with Crippen LogP contribution in [-0.2, 0) is 7.05 Å². The summed E-state index contributed by atoms with van der Waals surface area (Å²) in [6.45, 7) is 1.91. The van der Waals surface area contributed by atoms with Gasteiger partial charge in [0.1, 0.15) is 17.8 Å². The molecule has 2 heterocycles. The van der Waals surface area contributed by atoms with E-state index in [1.54, 1.807) is 12.4 Å². The highest BCUT2D eigenvalue weighted by Gasteiger charge is 2.28. The number of benzene rings is 1. The lowest BCUT2D eigenvalue weighted by molar-refractivity contribution is 0.102. The minimum atomic E-state index is -0.200. The number of amides is 1. The number of allylic oxidation sites excluding steroid dienone is 2. The van der Waals surface area contributed by atoms with Crippen molar-refractivity contribution in [3.8, 4) is 0 Å². The molecule has 7 heteroatoms. The maximum absolute atomic E-state index is 12.9. The van der Waals surface area contributed by atoms with Gasteiger partial charge >= 0.3 is 0 Å². The summed E-state index contributed by atoms with van der Waals surface area (Å²) in [5, 5.41) is 11.3. The summed E-state index contributed by atoms with van der Waals surface area (Å²) in [6, 6.07) is 9.76. The van der Waals surface area contributed by atoms with Crippen molar-refractivity contribution in [1.29, 1.82) is 0 Å². The lowest BCUT2D eigenvalue weighted by atomic mass is 10.0. The van der Waals surface area contributed by atoms with E-state index in [2.05, 4.69) is 31.5 Å². The van der Waals surface area contributed by atoms with E-state index < -0.39 is 0 Å². The molecule has 2 aliphatic rings. The zero-order chi connectivity index (χ0) is 20.7. The molecule has 1 fully saturated rings. The SMILES string of the molecule is Cc1cc(C(=O)Nc2cccc(C3=C(c4nncn4C)CCC3)c2)nc(C2CC2)n1. The number of aromatic nitrogens is 5. The Morgan fingerprint density at radius 1 is 1.13 bits per heavy atom. The van der Waals surface area contributed by atoms with E-state index in [4.69, 9.17) is 0 Å². The van der Waals surface area contributed by atoms with Gasteiger partial charge in [-0.1, -0.05) is 12.1 Å². The van der Waals surface area contributed by atoms with Crippen molar-refractivity contribution in [3.05, 3.63) is 65.3 Å². The first-order valence-corrected chi connectivity index (χ1v) is 10.4. The van der Waals surface area contributed by atoms with Crippen LogP contribution in [0.4, 0.5) is 5.69 Å². The molecular formula is C23H24N6O. The molecule has 2 aromatic heterocycles. The van der Waals surface area contributed by atoms with E-state index in [0.717, 1.165) is 60.7 Å². The van der Waals surface area contributed by atoms with Gasteiger partial charge in [0, 0.05) is 29.9 Å². The minimum absolute atomic E-state index is 0.200. The molecule has 0 radical (unpaired) electrons. The summed E-state index contributed by atoms with van der Waals surface area (Å²) in [5.41, 5.74) is 5.64. The monoisotopic (exact) mass is 400 g/mol. The number of aryl methyl sites for hydroxylation is 2. The highest BCUT2D eigenvalue weighted by atomic mass is 16.1. The Bertz CT molecular complexity index is 1160. The number of anilines is 1. The van der Waals surface area contributed by atoms with Gasteiger partial charge in [0.15, 0.2) is 5.82 Å². The summed E-state index contributed by atoms with van der Waals surface area (Å²) >= 11 is 0. The van der Waals surface area contributed by atoms with Crippen LogP contribution in [0.25, 0.3) is 11.1 Å². The molecule has 0 bridgehead atoms. The Balaban J connectivity index is 1.42. The third-order valence-electron chi connectivity index (χ3n) is 5.71. The molecule has 2 aliphatic carbocycles. The molecule has 1 N–H and O–H groups in total. The van der Waals surface area contributed by atoms with E-state index in [1.807, 2.05) is 36.7 Å². The zero-order valence-corrected chi connectivity index (χ0v) is 17.2. The van der Waals surface area contributed by atoms with Gasteiger partial charge in [-0.15, -0.1) is 10.2 Å². The van der Waals surface area contributed by atoms with Gasteiger partial charge in [0.25, 0.3) is 5.91 Å². The van der Waals surface area contributed by atoms with Crippen LogP contribution in [0.5, 0.6) is 0 Å². The van der Waals surface area contributed by atoms with Crippen LogP contribution < -0.4 is 5.32 Å².